The van der Waals surface area contributed by atoms with Gasteiger partial charge in [-0.05, 0) is 66.4 Å². The van der Waals surface area contributed by atoms with E-state index in [9.17, 15) is 4.79 Å². The first-order chi connectivity index (χ1) is 13.7. The summed E-state index contributed by atoms with van der Waals surface area (Å²) in [5.41, 5.74) is 4.43. The number of rotatable bonds is 4. The molecule has 1 heterocycles. The summed E-state index contributed by atoms with van der Waals surface area (Å²) in [6.45, 7) is 1.92. The van der Waals surface area contributed by atoms with Gasteiger partial charge >= 0.3 is 6.09 Å². The largest absolute Gasteiger partial charge is 0.417 e. The van der Waals surface area contributed by atoms with Gasteiger partial charge in [0.25, 0.3) is 0 Å². The molecule has 0 atom stereocenters. The van der Waals surface area contributed by atoms with Gasteiger partial charge in [-0.15, -0.1) is 0 Å². The molecule has 0 aromatic heterocycles. The number of amides is 1. The molecule has 142 valence electrons. The highest BCUT2D eigenvalue weighted by Gasteiger charge is 2.18. The normalized spacial score (nSPS) is 13.0. The van der Waals surface area contributed by atoms with Crippen LogP contribution in [0, 0.1) is 0 Å². The Kier molecular flexibility index (Phi) is 5.63. The molecule has 4 nitrogen and oxygen atoms in total. The topological polar surface area (TPSA) is 41.6 Å². The number of hydrogen-bond donors (Lipinski definition) is 1. The lowest BCUT2D eigenvalue weighted by Gasteiger charge is -2.31. The highest BCUT2D eigenvalue weighted by molar-refractivity contribution is 9.10. The highest BCUT2D eigenvalue weighted by Crippen LogP contribution is 2.31. The standard InChI is InChI=1S/C23H21BrN2O2/c24-19-8-10-20(11-9-19)25-23(27)28-21-12-13-22-18(15-21)7-4-14-26(22)16-17-5-2-1-3-6-17/h1-3,5-6,8-13,15H,4,7,14,16H2,(H,25,27). The summed E-state index contributed by atoms with van der Waals surface area (Å²) < 4.78 is 6.45. The molecule has 0 radical (unpaired) electrons. The average Bonchev–Trinajstić information content (AvgIpc) is 2.70. The van der Waals surface area contributed by atoms with Crippen LogP contribution in [-0.4, -0.2) is 12.6 Å². The minimum absolute atomic E-state index is 0.487. The maximum Gasteiger partial charge on any atom is 0.417 e. The maximum atomic E-state index is 12.2. The van der Waals surface area contributed by atoms with Crippen molar-refractivity contribution in [2.24, 2.45) is 0 Å². The van der Waals surface area contributed by atoms with Gasteiger partial charge in [0.2, 0.25) is 0 Å². The molecule has 4 rings (SSSR count). The minimum atomic E-state index is -0.487. The Bertz CT molecular complexity index is 958. The fourth-order valence-electron chi connectivity index (χ4n) is 3.47. The van der Waals surface area contributed by atoms with E-state index < -0.39 is 6.09 Å². The van der Waals surface area contributed by atoms with Gasteiger partial charge in [0, 0.05) is 28.9 Å². The van der Waals surface area contributed by atoms with Crippen molar-refractivity contribution >= 4 is 33.4 Å². The monoisotopic (exact) mass is 436 g/mol. The zero-order chi connectivity index (χ0) is 19.3. The molecule has 3 aromatic carbocycles. The molecule has 0 saturated carbocycles. The number of ether oxygens (including phenoxy) is 1. The van der Waals surface area contributed by atoms with Crippen molar-refractivity contribution in [3.05, 3.63) is 88.4 Å². The Morgan fingerprint density at radius 2 is 1.82 bits per heavy atom. The van der Waals surface area contributed by atoms with E-state index in [0.29, 0.717) is 11.4 Å². The van der Waals surface area contributed by atoms with E-state index in [1.807, 2.05) is 42.5 Å². The van der Waals surface area contributed by atoms with Crippen LogP contribution in [0.5, 0.6) is 5.75 Å². The maximum absolute atomic E-state index is 12.2. The predicted molar refractivity (Wildman–Crippen MR) is 116 cm³/mol. The average molecular weight is 437 g/mol. The molecule has 0 unspecified atom stereocenters. The molecular formula is C23H21BrN2O2. The van der Waals surface area contributed by atoms with Crippen LogP contribution in [0.1, 0.15) is 17.5 Å². The van der Waals surface area contributed by atoms with E-state index in [1.165, 1.54) is 16.8 Å². The van der Waals surface area contributed by atoms with Crippen molar-refractivity contribution in [1.82, 2.24) is 0 Å². The third kappa shape index (κ3) is 4.54. The van der Waals surface area contributed by atoms with Crippen molar-refractivity contribution in [2.75, 3.05) is 16.8 Å². The smallest absolute Gasteiger partial charge is 0.410 e. The molecular weight excluding hydrogens is 416 g/mol. The number of anilines is 2. The SMILES string of the molecule is O=C(Nc1ccc(Br)cc1)Oc1ccc2c(c1)CCCN2Cc1ccccc1. The molecule has 3 aromatic rings. The van der Waals surface area contributed by atoms with E-state index in [0.717, 1.165) is 30.4 Å². The number of halogens is 1. The quantitative estimate of drug-likeness (QED) is 0.543. The van der Waals surface area contributed by atoms with Crippen LogP contribution in [0.3, 0.4) is 0 Å². The van der Waals surface area contributed by atoms with E-state index in [2.05, 4.69) is 56.5 Å². The van der Waals surface area contributed by atoms with Crippen molar-refractivity contribution in [1.29, 1.82) is 0 Å². The second-order valence-corrected chi connectivity index (χ2v) is 7.74. The van der Waals surface area contributed by atoms with Gasteiger partial charge in [-0.1, -0.05) is 46.3 Å². The summed E-state index contributed by atoms with van der Waals surface area (Å²) in [6, 6.07) is 23.8. The summed E-state index contributed by atoms with van der Waals surface area (Å²) in [5, 5.41) is 2.75. The first-order valence-electron chi connectivity index (χ1n) is 9.33. The Morgan fingerprint density at radius 1 is 1.04 bits per heavy atom. The number of carbonyl (C=O) groups excluding carboxylic acids is 1. The summed E-state index contributed by atoms with van der Waals surface area (Å²) in [6.07, 6.45) is 1.60. The fraction of sp³-hybridized carbons (Fsp3) is 0.174. The summed E-state index contributed by atoms with van der Waals surface area (Å²) in [7, 11) is 0. The molecule has 1 N–H and O–H groups in total. The van der Waals surface area contributed by atoms with Crippen LogP contribution in [0.15, 0.2) is 77.3 Å². The summed E-state index contributed by atoms with van der Waals surface area (Å²) in [4.78, 5) is 14.6. The Balaban J connectivity index is 1.44. The Morgan fingerprint density at radius 3 is 2.61 bits per heavy atom. The van der Waals surface area contributed by atoms with Crippen molar-refractivity contribution in [3.63, 3.8) is 0 Å². The number of nitrogens with zero attached hydrogens (tertiary/aromatic N) is 1. The molecule has 0 bridgehead atoms. The van der Waals surface area contributed by atoms with Crippen LogP contribution in [-0.2, 0) is 13.0 Å². The van der Waals surface area contributed by atoms with Crippen molar-refractivity contribution < 1.29 is 9.53 Å². The molecule has 5 heteroatoms. The molecule has 0 spiro atoms. The molecule has 0 aliphatic carbocycles. The Labute approximate surface area is 173 Å². The van der Waals surface area contributed by atoms with Gasteiger partial charge in [-0.25, -0.2) is 4.79 Å². The number of fused-ring (bicyclic) bond motifs is 1. The minimum Gasteiger partial charge on any atom is -0.410 e. The van der Waals surface area contributed by atoms with Crippen molar-refractivity contribution in [3.8, 4) is 5.75 Å². The second-order valence-electron chi connectivity index (χ2n) is 6.82. The van der Waals surface area contributed by atoms with E-state index in [1.54, 1.807) is 0 Å². The lowest BCUT2D eigenvalue weighted by atomic mass is 10.0. The summed E-state index contributed by atoms with van der Waals surface area (Å²) in [5.74, 6) is 0.565. The molecule has 1 aliphatic heterocycles. The molecule has 1 amide bonds. The zero-order valence-electron chi connectivity index (χ0n) is 15.4. The number of aryl methyl sites for hydroxylation is 1. The van der Waals surface area contributed by atoms with Gasteiger partial charge in [-0.3, -0.25) is 5.32 Å². The first kappa shape index (κ1) is 18.6. The third-order valence-electron chi connectivity index (χ3n) is 4.78. The number of carbonyl (C=O) groups is 1. The fourth-order valence-corrected chi connectivity index (χ4v) is 3.73. The van der Waals surface area contributed by atoms with Crippen LogP contribution < -0.4 is 15.0 Å². The van der Waals surface area contributed by atoms with Gasteiger partial charge < -0.3 is 9.64 Å². The third-order valence-corrected chi connectivity index (χ3v) is 5.31. The molecule has 28 heavy (non-hydrogen) atoms. The van der Waals surface area contributed by atoms with Crippen molar-refractivity contribution in [2.45, 2.75) is 19.4 Å². The van der Waals surface area contributed by atoms with E-state index in [4.69, 9.17) is 4.74 Å². The van der Waals surface area contributed by atoms with Crippen LogP contribution in [0.25, 0.3) is 0 Å². The van der Waals surface area contributed by atoms with Gasteiger partial charge in [-0.2, -0.15) is 0 Å². The van der Waals surface area contributed by atoms with E-state index in [-0.39, 0.29) is 0 Å². The summed E-state index contributed by atoms with van der Waals surface area (Å²) >= 11 is 3.38. The highest BCUT2D eigenvalue weighted by atomic mass is 79.9. The number of benzene rings is 3. The lowest BCUT2D eigenvalue weighted by molar-refractivity contribution is 0.215. The zero-order valence-corrected chi connectivity index (χ0v) is 17.0. The van der Waals surface area contributed by atoms with Crippen LogP contribution in [0.2, 0.25) is 0 Å². The number of hydrogen-bond acceptors (Lipinski definition) is 3. The second kappa shape index (κ2) is 8.48. The molecule has 0 fully saturated rings. The first-order valence-corrected chi connectivity index (χ1v) is 10.1. The van der Waals surface area contributed by atoms with Gasteiger partial charge in [0.15, 0.2) is 0 Å². The van der Waals surface area contributed by atoms with Crippen LogP contribution >= 0.6 is 15.9 Å². The predicted octanol–water partition coefficient (Wildman–Crippen LogP) is 6.01. The number of nitrogens with one attached hydrogen (secondary N) is 1. The lowest BCUT2D eigenvalue weighted by Crippen LogP contribution is -2.28. The van der Waals surface area contributed by atoms with Gasteiger partial charge in [0.1, 0.15) is 5.75 Å². The molecule has 1 aliphatic rings. The van der Waals surface area contributed by atoms with Gasteiger partial charge in [0.05, 0.1) is 0 Å². The Hall–Kier alpha value is -2.79. The molecule has 0 saturated heterocycles. The van der Waals surface area contributed by atoms with E-state index >= 15 is 0 Å². The van der Waals surface area contributed by atoms with Crippen LogP contribution in [0.4, 0.5) is 16.2 Å².